The van der Waals surface area contributed by atoms with Crippen LogP contribution >= 0.6 is 0 Å². The summed E-state index contributed by atoms with van der Waals surface area (Å²) in [7, 11) is 0. The predicted octanol–water partition coefficient (Wildman–Crippen LogP) is 2.68. The number of hydrogen-bond acceptors (Lipinski definition) is 3. The van der Waals surface area contributed by atoms with Crippen molar-refractivity contribution in [3.63, 3.8) is 0 Å². The maximum Gasteiger partial charge on any atom is 0.124 e. The maximum atomic E-state index is 13.1. The summed E-state index contributed by atoms with van der Waals surface area (Å²) in [5.74, 6) is -0.389. The molecule has 1 N–H and O–H groups in total. The Bertz CT molecular complexity index is 429. The molecule has 0 fully saturated rings. The number of hydrogen-bond donors (Lipinski definition) is 1. The van der Waals surface area contributed by atoms with Gasteiger partial charge in [0.1, 0.15) is 5.82 Å². The summed E-state index contributed by atoms with van der Waals surface area (Å²) in [5, 5.41) is 18.1. The number of aliphatic hydroxyl groups excluding tert-OH is 1. The average Bonchev–Trinajstić information content (AvgIpc) is 2.41. The van der Waals surface area contributed by atoms with Crippen molar-refractivity contribution in [1.29, 1.82) is 5.26 Å². The standard InChI is InChI=1S/C15H21FN2O/c1-2-3-4-7-18(8-9-19)12-13-5-6-15(16)10-14(13)11-17/h5-6,10,19H,2-4,7-9,12H2,1H3. The van der Waals surface area contributed by atoms with Gasteiger partial charge in [-0.05, 0) is 30.7 Å². The third-order valence-electron chi connectivity index (χ3n) is 3.08. The van der Waals surface area contributed by atoms with E-state index < -0.39 is 0 Å². The van der Waals surface area contributed by atoms with Crippen molar-refractivity contribution in [2.45, 2.75) is 32.7 Å². The molecule has 1 rings (SSSR count). The van der Waals surface area contributed by atoms with E-state index in [9.17, 15) is 4.39 Å². The Morgan fingerprint density at radius 1 is 1.32 bits per heavy atom. The van der Waals surface area contributed by atoms with E-state index in [-0.39, 0.29) is 12.4 Å². The van der Waals surface area contributed by atoms with E-state index in [0.29, 0.717) is 18.7 Å². The van der Waals surface area contributed by atoms with Crippen molar-refractivity contribution >= 4 is 0 Å². The molecule has 1 aromatic rings. The summed E-state index contributed by atoms with van der Waals surface area (Å²) in [6.45, 7) is 4.27. The lowest BCUT2D eigenvalue weighted by molar-refractivity contribution is 0.187. The van der Waals surface area contributed by atoms with Crippen LogP contribution in [0.4, 0.5) is 4.39 Å². The molecule has 4 heteroatoms. The third kappa shape index (κ3) is 5.37. The van der Waals surface area contributed by atoms with E-state index in [2.05, 4.69) is 11.8 Å². The second kappa shape index (κ2) is 8.63. The molecule has 0 atom stereocenters. The van der Waals surface area contributed by atoms with Crippen LogP contribution < -0.4 is 0 Å². The zero-order chi connectivity index (χ0) is 14.1. The molecule has 0 amide bonds. The van der Waals surface area contributed by atoms with Gasteiger partial charge in [0.2, 0.25) is 0 Å². The lowest BCUT2D eigenvalue weighted by atomic mass is 10.1. The van der Waals surface area contributed by atoms with E-state index in [1.807, 2.05) is 6.07 Å². The fourth-order valence-corrected chi connectivity index (χ4v) is 2.03. The van der Waals surface area contributed by atoms with E-state index in [1.54, 1.807) is 6.07 Å². The number of nitrogens with zero attached hydrogens (tertiary/aromatic N) is 2. The number of halogens is 1. The van der Waals surface area contributed by atoms with E-state index in [0.717, 1.165) is 31.4 Å². The molecule has 0 aliphatic carbocycles. The summed E-state index contributed by atoms with van der Waals surface area (Å²) in [6, 6.07) is 6.31. The van der Waals surface area contributed by atoms with E-state index in [4.69, 9.17) is 10.4 Å². The Kier molecular flexibility index (Phi) is 7.09. The topological polar surface area (TPSA) is 47.3 Å². The van der Waals surface area contributed by atoms with Gasteiger partial charge in [0.15, 0.2) is 0 Å². The molecule has 0 unspecified atom stereocenters. The van der Waals surface area contributed by atoms with Crippen molar-refractivity contribution in [1.82, 2.24) is 4.90 Å². The molecule has 1 aromatic carbocycles. The molecule has 0 aliphatic rings. The van der Waals surface area contributed by atoms with Crippen molar-refractivity contribution in [2.24, 2.45) is 0 Å². The van der Waals surface area contributed by atoms with Gasteiger partial charge in [-0.1, -0.05) is 25.8 Å². The van der Waals surface area contributed by atoms with Crippen LogP contribution in [0, 0.1) is 17.1 Å². The van der Waals surface area contributed by atoms with E-state index in [1.165, 1.54) is 12.1 Å². The van der Waals surface area contributed by atoms with Crippen LogP contribution in [0.2, 0.25) is 0 Å². The zero-order valence-electron chi connectivity index (χ0n) is 11.4. The highest BCUT2D eigenvalue weighted by Crippen LogP contribution is 2.13. The first-order chi connectivity index (χ1) is 9.21. The molecule has 0 saturated heterocycles. The van der Waals surface area contributed by atoms with Crippen LogP contribution in [0.5, 0.6) is 0 Å². The van der Waals surface area contributed by atoms with Gasteiger partial charge >= 0.3 is 0 Å². The van der Waals surface area contributed by atoms with Crippen LogP contribution in [-0.4, -0.2) is 29.7 Å². The van der Waals surface area contributed by atoms with Gasteiger partial charge in [0.05, 0.1) is 18.2 Å². The second-order valence-electron chi connectivity index (χ2n) is 4.62. The number of benzene rings is 1. The SMILES string of the molecule is CCCCCN(CCO)Cc1ccc(F)cc1C#N. The summed E-state index contributed by atoms with van der Waals surface area (Å²) in [4.78, 5) is 2.10. The van der Waals surface area contributed by atoms with Crippen LogP contribution in [0.3, 0.4) is 0 Å². The molecule has 0 heterocycles. The predicted molar refractivity (Wildman–Crippen MR) is 73.0 cm³/mol. The molecule has 104 valence electrons. The molecule has 19 heavy (non-hydrogen) atoms. The number of unbranched alkanes of at least 4 members (excludes halogenated alkanes) is 2. The highest BCUT2D eigenvalue weighted by Gasteiger charge is 2.09. The Labute approximate surface area is 114 Å². The average molecular weight is 264 g/mol. The molecule has 3 nitrogen and oxygen atoms in total. The van der Waals surface area contributed by atoms with Crippen molar-refractivity contribution < 1.29 is 9.50 Å². The largest absolute Gasteiger partial charge is 0.395 e. The van der Waals surface area contributed by atoms with Crippen LogP contribution in [0.15, 0.2) is 18.2 Å². The lowest BCUT2D eigenvalue weighted by Crippen LogP contribution is -2.28. The fraction of sp³-hybridized carbons (Fsp3) is 0.533. The van der Waals surface area contributed by atoms with Gasteiger partial charge in [-0.25, -0.2) is 4.39 Å². The highest BCUT2D eigenvalue weighted by atomic mass is 19.1. The zero-order valence-corrected chi connectivity index (χ0v) is 11.4. The Morgan fingerprint density at radius 3 is 2.74 bits per heavy atom. The van der Waals surface area contributed by atoms with Gasteiger partial charge in [-0.3, -0.25) is 4.90 Å². The molecule has 0 saturated carbocycles. The molecule has 0 aromatic heterocycles. The first-order valence-electron chi connectivity index (χ1n) is 6.73. The minimum Gasteiger partial charge on any atom is -0.395 e. The molecular weight excluding hydrogens is 243 g/mol. The van der Waals surface area contributed by atoms with Gasteiger partial charge in [0, 0.05) is 13.1 Å². The van der Waals surface area contributed by atoms with Crippen LogP contribution in [-0.2, 0) is 6.54 Å². The second-order valence-corrected chi connectivity index (χ2v) is 4.62. The first kappa shape index (κ1) is 15.6. The van der Waals surface area contributed by atoms with E-state index >= 15 is 0 Å². The Morgan fingerprint density at radius 2 is 2.11 bits per heavy atom. The smallest absolute Gasteiger partial charge is 0.124 e. The quantitative estimate of drug-likeness (QED) is 0.734. The summed E-state index contributed by atoms with van der Waals surface area (Å²) >= 11 is 0. The monoisotopic (exact) mass is 264 g/mol. The molecule has 0 radical (unpaired) electrons. The van der Waals surface area contributed by atoms with Crippen LogP contribution in [0.1, 0.15) is 37.3 Å². The summed E-state index contributed by atoms with van der Waals surface area (Å²) < 4.78 is 13.1. The van der Waals surface area contributed by atoms with Gasteiger partial charge in [-0.2, -0.15) is 5.26 Å². The summed E-state index contributed by atoms with van der Waals surface area (Å²) in [6.07, 6.45) is 3.36. The van der Waals surface area contributed by atoms with Gasteiger partial charge in [0.25, 0.3) is 0 Å². The highest BCUT2D eigenvalue weighted by molar-refractivity contribution is 5.37. The first-order valence-corrected chi connectivity index (χ1v) is 6.73. The Hall–Kier alpha value is -1.44. The third-order valence-corrected chi connectivity index (χ3v) is 3.08. The van der Waals surface area contributed by atoms with Gasteiger partial charge in [-0.15, -0.1) is 0 Å². The summed E-state index contributed by atoms with van der Waals surface area (Å²) in [5.41, 5.74) is 1.19. The lowest BCUT2D eigenvalue weighted by Gasteiger charge is -2.21. The van der Waals surface area contributed by atoms with Crippen molar-refractivity contribution in [2.75, 3.05) is 19.7 Å². The normalized spacial score (nSPS) is 10.7. The molecule has 0 spiro atoms. The minimum atomic E-state index is -0.389. The number of aliphatic hydroxyl groups is 1. The molecule has 0 bridgehead atoms. The number of nitriles is 1. The molecular formula is C15H21FN2O. The Balaban J connectivity index is 2.70. The minimum absolute atomic E-state index is 0.0925. The van der Waals surface area contributed by atoms with Crippen LogP contribution in [0.25, 0.3) is 0 Å². The molecule has 0 aliphatic heterocycles. The fourth-order valence-electron chi connectivity index (χ4n) is 2.03. The van der Waals surface area contributed by atoms with Crippen molar-refractivity contribution in [3.05, 3.63) is 35.1 Å². The number of rotatable bonds is 8. The van der Waals surface area contributed by atoms with Crippen molar-refractivity contribution in [3.8, 4) is 6.07 Å². The maximum absolute atomic E-state index is 13.1. The van der Waals surface area contributed by atoms with Gasteiger partial charge < -0.3 is 5.11 Å².